The van der Waals surface area contributed by atoms with Crippen molar-refractivity contribution < 1.29 is 14.3 Å². The predicted octanol–water partition coefficient (Wildman–Crippen LogP) is 4.45. The molecular formula is C21H18N2O3. The van der Waals surface area contributed by atoms with Crippen LogP contribution < -0.4 is 20.1 Å². The second-order valence-electron chi connectivity index (χ2n) is 5.85. The van der Waals surface area contributed by atoms with Gasteiger partial charge >= 0.3 is 0 Å². The summed E-state index contributed by atoms with van der Waals surface area (Å²) in [5.41, 5.74) is 2.89. The Kier molecular flexibility index (Phi) is 4.43. The van der Waals surface area contributed by atoms with E-state index in [2.05, 4.69) is 10.6 Å². The van der Waals surface area contributed by atoms with Crippen molar-refractivity contribution in [3.05, 3.63) is 78.4 Å². The summed E-state index contributed by atoms with van der Waals surface area (Å²) in [6, 6.07) is 22.5. The van der Waals surface area contributed by atoms with Crippen molar-refractivity contribution in [2.75, 3.05) is 23.8 Å². The normalized spacial score (nSPS) is 12.3. The molecule has 0 aromatic heterocycles. The summed E-state index contributed by atoms with van der Waals surface area (Å²) in [5.74, 6) is 1.14. The van der Waals surface area contributed by atoms with E-state index in [0.29, 0.717) is 36.0 Å². The number of carbonyl (C=O) groups is 1. The van der Waals surface area contributed by atoms with E-state index in [-0.39, 0.29) is 5.91 Å². The summed E-state index contributed by atoms with van der Waals surface area (Å²) in [7, 11) is 0. The Hall–Kier alpha value is -3.47. The molecule has 0 radical (unpaired) electrons. The molecule has 0 bridgehead atoms. The molecule has 4 rings (SSSR count). The van der Waals surface area contributed by atoms with Gasteiger partial charge in [0.05, 0.1) is 11.3 Å². The van der Waals surface area contributed by atoms with Gasteiger partial charge in [0, 0.05) is 17.4 Å². The second-order valence-corrected chi connectivity index (χ2v) is 5.85. The highest BCUT2D eigenvalue weighted by atomic mass is 16.6. The molecule has 0 spiro atoms. The van der Waals surface area contributed by atoms with Gasteiger partial charge in [-0.25, -0.2) is 0 Å². The first kappa shape index (κ1) is 16.0. The first-order valence-corrected chi connectivity index (χ1v) is 8.42. The molecule has 1 aliphatic rings. The molecule has 2 N–H and O–H groups in total. The van der Waals surface area contributed by atoms with Gasteiger partial charge < -0.3 is 20.1 Å². The van der Waals surface area contributed by atoms with Crippen LogP contribution >= 0.6 is 0 Å². The molecule has 26 heavy (non-hydrogen) atoms. The van der Waals surface area contributed by atoms with Gasteiger partial charge in [0.15, 0.2) is 11.5 Å². The number of para-hydroxylation sites is 2. The minimum absolute atomic E-state index is 0.194. The number of hydrogen-bond acceptors (Lipinski definition) is 4. The van der Waals surface area contributed by atoms with Gasteiger partial charge in [0.25, 0.3) is 5.91 Å². The van der Waals surface area contributed by atoms with Crippen molar-refractivity contribution in [3.8, 4) is 11.5 Å². The van der Waals surface area contributed by atoms with Gasteiger partial charge in [0.2, 0.25) is 0 Å². The summed E-state index contributed by atoms with van der Waals surface area (Å²) in [4.78, 5) is 12.8. The third-order valence-corrected chi connectivity index (χ3v) is 4.02. The zero-order valence-corrected chi connectivity index (χ0v) is 14.1. The molecule has 5 heteroatoms. The van der Waals surface area contributed by atoms with Gasteiger partial charge in [-0.15, -0.1) is 0 Å². The fourth-order valence-corrected chi connectivity index (χ4v) is 2.79. The molecule has 0 saturated heterocycles. The zero-order chi connectivity index (χ0) is 17.8. The van der Waals surface area contributed by atoms with Gasteiger partial charge in [0.1, 0.15) is 13.2 Å². The molecule has 130 valence electrons. The summed E-state index contributed by atoms with van der Waals surface area (Å²) in [6.07, 6.45) is 0. The highest BCUT2D eigenvalue weighted by Gasteiger charge is 2.15. The van der Waals surface area contributed by atoms with E-state index in [4.69, 9.17) is 9.47 Å². The summed E-state index contributed by atoms with van der Waals surface area (Å²) in [5, 5.41) is 6.20. The molecular weight excluding hydrogens is 328 g/mol. The van der Waals surface area contributed by atoms with Gasteiger partial charge in [-0.1, -0.05) is 30.3 Å². The van der Waals surface area contributed by atoms with E-state index in [1.807, 2.05) is 48.5 Å². The monoisotopic (exact) mass is 346 g/mol. The Balaban J connectivity index is 1.55. The largest absolute Gasteiger partial charge is 0.486 e. The van der Waals surface area contributed by atoms with Crippen molar-refractivity contribution in [3.63, 3.8) is 0 Å². The Morgan fingerprint density at radius 3 is 2.35 bits per heavy atom. The lowest BCUT2D eigenvalue weighted by molar-refractivity contribution is 0.102. The van der Waals surface area contributed by atoms with Crippen molar-refractivity contribution in [2.45, 2.75) is 0 Å². The summed E-state index contributed by atoms with van der Waals surface area (Å²) in [6.45, 7) is 1.05. The van der Waals surface area contributed by atoms with Crippen LogP contribution in [0, 0.1) is 0 Å². The van der Waals surface area contributed by atoms with Crippen molar-refractivity contribution >= 4 is 23.0 Å². The zero-order valence-electron chi connectivity index (χ0n) is 14.1. The van der Waals surface area contributed by atoms with E-state index in [0.717, 1.165) is 11.4 Å². The number of ether oxygens (including phenoxy) is 2. The SMILES string of the molecule is O=C(Nc1ccc2c(c1)OCCO2)c1ccccc1Nc1ccccc1. The van der Waals surface area contributed by atoms with Gasteiger partial charge in [-0.2, -0.15) is 0 Å². The van der Waals surface area contributed by atoms with Gasteiger partial charge in [-0.05, 0) is 36.4 Å². The van der Waals surface area contributed by atoms with Crippen molar-refractivity contribution in [1.29, 1.82) is 0 Å². The first-order valence-electron chi connectivity index (χ1n) is 8.42. The average molecular weight is 346 g/mol. The first-order chi connectivity index (χ1) is 12.8. The lowest BCUT2D eigenvalue weighted by atomic mass is 10.1. The van der Waals surface area contributed by atoms with Crippen LogP contribution in [0.15, 0.2) is 72.8 Å². The third kappa shape index (κ3) is 3.47. The van der Waals surface area contributed by atoms with Crippen LogP contribution in [0.5, 0.6) is 11.5 Å². The Morgan fingerprint density at radius 1 is 0.769 bits per heavy atom. The Bertz CT molecular complexity index is 926. The predicted molar refractivity (Wildman–Crippen MR) is 102 cm³/mol. The van der Waals surface area contributed by atoms with Crippen LogP contribution in [0.3, 0.4) is 0 Å². The lowest BCUT2D eigenvalue weighted by Gasteiger charge is -2.19. The fraction of sp³-hybridized carbons (Fsp3) is 0.0952. The van der Waals surface area contributed by atoms with E-state index < -0.39 is 0 Å². The van der Waals surface area contributed by atoms with Crippen LogP contribution in [0.4, 0.5) is 17.1 Å². The highest BCUT2D eigenvalue weighted by molar-refractivity contribution is 6.08. The molecule has 1 amide bonds. The molecule has 0 aliphatic carbocycles. The molecule has 1 heterocycles. The maximum Gasteiger partial charge on any atom is 0.257 e. The maximum absolute atomic E-state index is 12.8. The molecule has 3 aromatic carbocycles. The Morgan fingerprint density at radius 2 is 1.50 bits per heavy atom. The number of benzene rings is 3. The number of carbonyl (C=O) groups excluding carboxylic acids is 1. The molecule has 0 fully saturated rings. The number of anilines is 3. The van der Waals surface area contributed by atoms with E-state index in [1.54, 1.807) is 24.3 Å². The number of rotatable bonds is 4. The van der Waals surface area contributed by atoms with Crippen LogP contribution in [-0.4, -0.2) is 19.1 Å². The lowest BCUT2D eigenvalue weighted by Crippen LogP contribution is -2.17. The van der Waals surface area contributed by atoms with E-state index in [1.165, 1.54) is 0 Å². The molecule has 0 unspecified atom stereocenters. The standard InChI is InChI=1S/C21H18N2O3/c24-21(23-16-10-11-19-20(14-16)26-13-12-25-19)17-8-4-5-9-18(17)22-15-6-2-1-3-7-15/h1-11,14,22H,12-13H2,(H,23,24). The van der Waals surface area contributed by atoms with Crippen LogP contribution in [0.2, 0.25) is 0 Å². The van der Waals surface area contributed by atoms with Crippen molar-refractivity contribution in [2.24, 2.45) is 0 Å². The summed E-state index contributed by atoms with van der Waals surface area (Å²) < 4.78 is 11.1. The number of fused-ring (bicyclic) bond motifs is 1. The number of amides is 1. The topological polar surface area (TPSA) is 59.6 Å². The molecule has 3 aromatic rings. The second kappa shape index (κ2) is 7.19. The van der Waals surface area contributed by atoms with Gasteiger partial charge in [-0.3, -0.25) is 4.79 Å². The molecule has 1 aliphatic heterocycles. The van der Waals surface area contributed by atoms with Crippen molar-refractivity contribution in [1.82, 2.24) is 0 Å². The van der Waals surface area contributed by atoms with Crippen LogP contribution in [0.25, 0.3) is 0 Å². The molecule has 0 saturated carbocycles. The average Bonchev–Trinajstić information content (AvgIpc) is 2.69. The molecule has 5 nitrogen and oxygen atoms in total. The fourth-order valence-electron chi connectivity index (χ4n) is 2.79. The minimum atomic E-state index is -0.194. The molecule has 0 atom stereocenters. The highest BCUT2D eigenvalue weighted by Crippen LogP contribution is 2.33. The Labute approximate surface area is 151 Å². The smallest absolute Gasteiger partial charge is 0.257 e. The quantitative estimate of drug-likeness (QED) is 0.732. The van der Waals surface area contributed by atoms with Crippen LogP contribution in [0.1, 0.15) is 10.4 Å². The van der Waals surface area contributed by atoms with Crippen LogP contribution in [-0.2, 0) is 0 Å². The summed E-state index contributed by atoms with van der Waals surface area (Å²) >= 11 is 0. The minimum Gasteiger partial charge on any atom is -0.486 e. The van der Waals surface area contributed by atoms with E-state index in [9.17, 15) is 4.79 Å². The number of hydrogen-bond donors (Lipinski definition) is 2. The maximum atomic E-state index is 12.8. The number of nitrogens with one attached hydrogen (secondary N) is 2. The third-order valence-electron chi connectivity index (χ3n) is 4.02. The van der Waals surface area contributed by atoms with E-state index >= 15 is 0 Å².